The molecule has 0 saturated heterocycles. The number of urea groups is 1. The van der Waals surface area contributed by atoms with Crippen LogP contribution in [0.15, 0.2) is 72.8 Å². The molecule has 0 aromatic heterocycles. The second kappa shape index (κ2) is 13.5. The maximum atomic E-state index is 14.7. The zero-order chi connectivity index (χ0) is 31.1. The number of hydrogen-bond acceptors (Lipinski definition) is 4. The number of carbonyl (C=O) groups excluding carboxylic acids is 2. The molecule has 226 valence electrons. The van der Waals surface area contributed by atoms with Crippen molar-refractivity contribution in [2.24, 2.45) is 0 Å². The van der Waals surface area contributed by atoms with Crippen LogP contribution >= 0.6 is 0 Å². The van der Waals surface area contributed by atoms with Gasteiger partial charge in [0.1, 0.15) is 0 Å². The molecule has 8 nitrogen and oxygen atoms in total. The summed E-state index contributed by atoms with van der Waals surface area (Å²) < 4.78 is 54.5. The molecule has 3 aromatic rings. The summed E-state index contributed by atoms with van der Waals surface area (Å²) in [4.78, 5) is 37.7. The van der Waals surface area contributed by atoms with Gasteiger partial charge in [0.2, 0.25) is 0 Å². The number of alkyl halides is 3. The van der Waals surface area contributed by atoms with Crippen molar-refractivity contribution in [1.82, 2.24) is 5.32 Å². The first-order chi connectivity index (χ1) is 20.4. The Bertz CT molecular complexity index is 1510. The molecule has 4 N–H and O–H groups in total. The summed E-state index contributed by atoms with van der Waals surface area (Å²) in [7, 11) is 0. The normalized spacial score (nSPS) is 13.9. The van der Waals surface area contributed by atoms with Crippen molar-refractivity contribution in [3.8, 4) is 0 Å². The molecular formula is C31H29F4N3O5. The average Bonchev–Trinajstić information content (AvgIpc) is 2.99. The second-order valence-corrected chi connectivity index (χ2v) is 9.96. The number of carboxylic acids is 1. The van der Waals surface area contributed by atoms with Crippen LogP contribution in [-0.4, -0.2) is 40.8 Å². The standard InChI is InChI=1S/C31H29F4N3O5/c32-27-24(31(33,34)35)7-4-8-25(27)37-30(43)38(23-15-13-21(14-16-23)20-5-2-1-3-6-20)18-19-9-11-22(12-10-19)28(40)36-17-26(39)29(41)42/h4-5,7-16,26,39H,1-3,6,17-18H2,(H,36,40)(H,37,43)(H,41,42)/t26-/m1/s1. The van der Waals surface area contributed by atoms with Crippen LogP contribution in [0.3, 0.4) is 0 Å². The molecule has 0 aliphatic heterocycles. The smallest absolute Gasteiger partial charge is 0.419 e. The average molecular weight is 600 g/mol. The monoisotopic (exact) mass is 599 g/mol. The third-order valence-electron chi connectivity index (χ3n) is 6.93. The lowest BCUT2D eigenvalue weighted by molar-refractivity contribution is -0.146. The van der Waals surface area contributed by atoms with Gasteiger partial charge in [0, 0.05) is 11.3 Å². The molecule has 1 aliphatic carbocycles. The summed E-state index contributed by atoms with van der Waals surface area (Å²) >= 11 is 0. The van der Waals surface area contributed by atoms with Crippen molar-refractivity contribution in [3.05, 3.63) is 101 Å². The topological polar surface area (TPSA) is 119 Å². The zero-order valence-corrected chi connectivity index (χ0v) is 22.8. The summed E-state index contributed by atoms with van der Waals surface area (Å²) in [6, 6.07) is 14.8. The van der Waals surface area contributed by atoms with Crippen molar-refractivity contribution in [2.45, 2.75) is 44.5 Å². The number of carbonyl (C=O) groups is 3. The fourth-order valence-electron chi connectivity index (χ4n) is 4.59. The lowest BCUT2D eigenvalue weighted by atomic mass is 9.93. The molecule has 3 amide bonds. The van der Waals surface area contributed by atoms with E-state index in [1.165, 1.54) is 34.7 Å². The van der Waals surface area contributed by atoms with E-state index in [4.69, 9.17) is 5.11 Å². The molecule has 0 bridgehead atoms. The summed E-state index contributed by atoms with van der Waals surface area (Å²) in [5.41, 5.74) is 1.11. The molecule has 4 rings (SSSR count). The Morgan fingerprint density at radius 2 is 1.65 bits per heavy atom. The van der Waals surface area contributed by atoms with Crippen LogP contribution in [0.2, 0.25) is 0 Å². The van der Waals surface area contributed by atoms with Crippen LogP contribution in [0.1, 0.15) is 52.7 Å². The number of aliphatic hydroxyl groups excluding tert-OH is 1. The molecule has 3 aromatic carbocycles. The Morgan fingerprint density at radius 3 is 2.26 bits per heavy atom. The van der Waals surface area contributed by atoms with E-state index in [0.717, 1.165) is 43.4 Å². The van der Waals surface area contributed by atoms with E-state index in [2.05, 4.69) is 16.7 Å². The van der Waals surface area contributed by atoms with Gasteiger partial charge in [-0.25, -0.2) is 14.0 Å². The molecule has 1 aliphatic rings. The largest absolute Gasteiger partial charge is 0.479 e. The first-order valence-corrected chi connectivity index (χ1v) is 13.5. The maximum Gasteiger partial charge on any atom is 0.419 e. The molecule has 0 fully saturated rings. The van der Waals surface area contributed by atoms with E-state index >= 15 is 0 Å². The number of aliphatic hydroxyl groups is 1. The Kier molecular flexibility index (Phi) is 9.81. The van der Waals surface area contributed by atoms with Gasteiger partial charge in [-0.1, -0.05) is 36.4 Å². The van der Waals surface area contributed by atoms with Gasteiger partial charge in [0.05, 0.1) is 24.3 Å². The van der Waals surface area contributed by atoms with Gasteiger partial charge in [0.25, 0.3) is 5.91 Å². The Morgan fingerprint density at radius 1 is 0.953 bits per heavy atom. The summed E-state index contributed by atoms with van der Waals surface area (Å²) in [5.74, 6) is -3.72. The molecule has 0 unspecified atom stereocenters. The number of hydrogen-bond donors (Lipinski definition) is 4. The quantitative estimate of drug-likeness (QED) is 0.218. The predicted molar refractivity (Wildman–Crippen MR) is 152 cm³/mol. The van der Waals surface area contributed by atoms with Gasteiger partial charge < -0.3 is 20.8 Å². The highest BCUT2D eigenvalue weighted by Gasteiger charge is 2.35. The first-order valence-electron chi connectivity index (χ1n) is 13.5. The Hall–Kier alpha value is -4.71. The molecule has 0 saturated carbocycles. The first kappa shape index (κ1) is 31.2. The van der Waals surface area contributed by atoms with Crippen LogP contribution in [-0.2, 0) is 17.5 Å². The maximum absolute atomic E-state index is 14.7. The van der Waals surface area contributed by atoms with Crippen LogP contribution in [0, 0.1) is 5.82 Å². The number of allylic oxidation sites excluding steroid dienone is 2. The number of halogens is 4. The Labute approximate surface area is 244 Å². The molecule has 1 atom stereocenters. The highest BCUT2D eigenvalue weighted by Crippen LogP contribution is 2.34. The van der Waals surface area contributed by atoms with Gasteiger partial charge in [-0.3, -0.25) is 9.69 Å². The minimum atomic E-state index is -4.95. The summed E-state index contributed by atoms with van der Waals surface area (Å²) in [6.45, 7) is -0.586. The molecular weight excluding hydrogens is 570 g/mol. The summed E-state index contributed by atoms with van der Waals surface area (Å²) in [6.07, 6.45) is -0.466. The van der Waals surface area contributed by atoms with Crippen LogP contribution in [0.25, 0.3) is 5.57 Å². The highest BCUT2D eigenvalue weighted by atomic mass is 19.4. The van der Waals surface area contributed by atoms with Crippen LogP contribution in [0.5, 0.6) is 0 Å². The number of carboxylic acid groups (broad SMARTS) is 1. The number of anilines is 2. The minimum absolute atomic E-state index is 0.0892. The van der Waals surface area contributed by atoms with Crippen molar-refractivity contribution in [2.75, 3.05) is 16.8 Å². The van der Waals surface area contributed by atoms with Gasteiger partial charge in [-0.05, 0) is 78.8 Å². The zero-order valence-electron chi connectivity index (χ0n) is 22.8. The van der Waals surface area contributed by atoms with Gasteiger partial charge >= 0.3 is 18.2 Å². The van der Waals surface area contributed by atoms with Gasteiger partial charge in [0.15, 0.2) is 11.9 Å². The third kappa shape index (κ3) is 7.98. The number of nitrogens with zero attached hydrogens (tertiary/aromatic N) is 1. The van der Waals surface area contributed by atoms with E-state index in [1.807, 2.05) is 12.1 Å². The fourth-order valence-corrected chi connectivity index (χ4v) is 4.59. The predicted octanol–water partition coefficient (Wildman–Crippen LogP) is 6.22. The number of aliphatic carboxylic acids is 1. The fraction of sp³-hybridized carbons (Fsp3) is 0.258. The van der Waals surface area contributed by atoms with E-state index in [1.54, 1.807) is 12.1 Å². The number of rotatable bonds is 9. The van der Waals surface area contributed by atoms with Crippen molar-refractivity contribution >= 4 is 34.9 Å². The van der Waals surface area contributed by atoms with Crippen molar-refractivity contribution in [1.29, 1.82) is 0 Å². The minimum Gasteiger partial charge on any atom is -0.479 e. The van der Waals surface area contributed by atoms with E-state index < -0.39 is 53.8 Å². The molecule has 43 heavy (non-hydrogen) atoms. The van der Waals surface area contributed by atoms with Crippen LogP contribution in [0.4, 0.5) is 33.7 Å². The second-order valence-electron chi connectivity index (χ2n) is 9.96. The highest BCUT2D eigenvalue weighted by molar-refractivity contribution is 6.02. The molecule has 0 heterocycles. The Balaban J connectivity index is 1.58. The van der Waals surface area contributed by atoms with E-state index in [-0.39, 0.29) is 12.1 Å². The van der Waals surface area contributed by atoms with Gasteiger partial charge in [-0.15, -0.1) is 0 Å². The lowest BCUT2D eigenvalue weighted by Crippen LogP contribution is -2.36. The number of benzene rings is 3. The lowest BCUT2D eigenvalue weighted by Gasteiger charge is -2.25. The summed E-state index contributed by atoms with van der Waals surface area (Å²) in [5, 5.41) is 22.7. The SMILES string of the molecule is O=C(NC[C@@H](O)C(=O)O)c1ccc(CN(C(=O)Nc2cccc(C(F)(F)F)c2F)c2ccc(C3=CCCCC3)cc2)cc1. The molecule has 0 spiro atoms. The third-order valence-corrected chi connectivity index (χ3v) is 6.93. The molecule has 0 radical (unpaired) electrons. The van der Waals surface area contributed by atoms with E-state index in [9.17, 15) is 37.1 Å². The number of amides is 3. The number of nitrogens with one attached hydrogen (secondary N) is 2. The van der Waals surface area contributed by atoms with Crippen LogP contribution < -0.4 is 15.5 Å². The van der Waals surface area contributed by atoms with Crippen molar-refractivity contribution < 1.29 is 42.2 Å². The van der Waals surface area contributed by atoms with E-state index in [0.29, 0.717) is 17.3 Å². The van der Waals surface area contributed by atoms with Crippen molar-refractivity contribution in [3.63, 3.8) is 0 Å². The van der Waals surface area contributed by atoms with Gasteiger partial charge in [-0.2, -0.15) is 13.2 Å². The molecule has 12 heteroatoms.